The van der Waals surface area contributed by atoms with Gasteiger partial charge in [-0.3, -0.25) is 0 Å². The molecule has 5 nitrogen and oxygen atoms in total. The third-order valence-corrected chi connectivity index (χ3v) is 4.73. The Morgan fingerprint density at radius 2 is 2.17 bits per heavy atom. The summed E-state index contributed by atoms with van der Waals surface area (Å²) in [6.45, 7) is 4.23. The number of nitrogens with one attached hydrogen (secondary N) is 1. The van der Waals surface area contributed by atoms with Gasteiger partial charge in [-0.1, -0.05) is 12.1 Å². The van der Waals surface area contributed by atoms with Gasteiger partial charge in [0, 0.05) is 6.54 Å². The summed E-state index contributed by atoms with van der Waals surface area (Å²) in [6.07, 6.45) is 4.20. The molecule has 3 fully saturated rings. The van der Waals surface area contributed by atoms with E-state index in [4.69, 9.17) is 9.26 Å². The molecule has 4 rings (SSSR count). The van der Waals surface area contributed by atoms with Crippen molar-refractivity contribution < 1.29 is 9.26 Å². The molecule has 98 valence electrons. The lowest BCUT2D eigenvalue weighted by Crippen LogP contribution is -2.16. The first-order valence-corrected chi connectivity index (χ1v) is 7.01. The zero-order valence-corrected chi connectivity index (χ0v) is 10.6. The van der Waals surface area contributed by atoms with Gasteiger partial charge in [0.25, 0.3) is 0 Å². The molecule has 3 aliphatic heterocycles. The lowest BCUT2D eigenvalue weighted by Gasteiger charge is -2.14. The van der Waals surface area contributed by atoms with Crippen molar-refractivity contribution in [2.75, 3.05) is 13.1 Å². The molecule has 0 amide bonds. The molecule has 5 unspecified atom stereocenters. The van der Waals surface area contributed by atoms with Gasteiger partial charge >= 0.3 is 0 Å². The highest BCUT2D eigenvalue weighted by Crippen LogP contribution is 2.43. The van der Waals surface area contributed by atoms with Gasteiger partial charge < -0.3 is 14.6 Å². The van der Waals surface area contributed by atoms with Crippen LogP contribution in [0.3, 0.4) is 0 Å². The highest BCUT2D eigenvalue weighted by atomic mass is 16.5. The van der Waals surface area contributed by atoms with Crippen molar-refractivity contribution in [3.63, 3.8) is 0 Å². The van der Waals surface area contributed by atoms with Crippen molar-refractivity contribution in [1.82, 2.24) is 15.5 Å². The molecular formula is C13H19N3O2. The molecule has 5 heteroatoms. The van der Waals surface area contributed by atoms with Crippen LogP contribution in [0.2, 0.25) is 0 Å². The van der Waals surface area contributed by atoms with Crippen LogP contribution in [0.1, 0.15) is 49.7 Å². The molecule has 0 aliphatic carbocycles. The van der Waals surface area contributed by atoms with Gasteiger partial charge in [0.1, 0.15) is 0 Å². The van der Waals surface area contributed by atoms with Crippen molar-refractivity contribution in [3.05, 3.63) is 11.7 Å². The third kappa shape index (κ3) is 1.61. The van der Waals surface area contributed by atoms with Crippen molar-refractivity contribution in [1.29, 1.82) is 0 Å². The topological polar surface area (TPSA) is 60.2 Å². The average molecular weight is 249 g/mol. The maximum atomic E-state index is 5.86. The largest absolute Gasteiger partial charge is 0.374 e. The summed E-state index contributed by atoms with van der Waals surface area (Å²) in [5.74, 6) is 3.01. The zero-order chi connectivity index (χ0) is 12.1. The standard InChI is InChI=1S/C13H19N3O2/c1-7-5-14-6-10(7)13-15-12(16-18-13)9-4-8-2-3-11(9)17-8/h7-11,14H,2-6H2,1H3. The second-order valence-electron chi connectivity index (χ2n) is 5.95. The number of rotatable bonds is 2. The quantitative estimate of drug-likeness (QED) is 0.859. The lowest BCUT2D eigenvalue weighted by molar-refractivity contribution is 0.0996. The fourth-order valence-corrected chi connectivity index (χ4v) is 3.60. The van der Waals surface area contributed by atoms with Crippen LogP contribution in [0.15, 0.2) is 4.52 Å². The van der Waals surface area contributed by atoms with Gasteiger partial charge in [-0.05, 0) is 31.7 Å². The Morgan fingerprint density at radius 1 is 1.22 bits per heavy atom. The summed E-state index contributed by atoms with van der Waals surface area (Å²) in [4.78, 5) is 4.65. The number of nitrogens with zero attached hydrogens (tertiary/aromatic N) is 2. The first-order valence-electron chi connectivity index (χ1n) is 7.01. The van der Waals surface area contributed by atoms with Crippen molar-refractivity contribution >= 4 is 0 Å². The Balaban J connectivity index is 1.55. The normalized spacial score (nSPS) is 42.8. The van der Waals surface area contributed by atoms with E-state index in [1.165, 1.54) is 6.42 Å². The van der Waals surface area contributed by atoms with Crippen LogP contribution < -0.4 is 5.32 Å². The molecule has 0 radical (unpaired) electrons. The number of aromatic nitrogens is 2. The predicted octanol–water partition coefficient (Wildman–Crippen LogP) is 1.43. The Morgan fingerprint density at radius 3 is 2.83 bits per heavy atom. The van der Waals surface area contributed by atoms with Gasteiger partial charge in [-0.2, -0.15) is 4.98 Å². The smallest absolute Gasteiger partial charge is 0.231 e. The zero-order valence-electron chi connectivity index (χ0n) is 10.6. The Labute approximate surface area is 106 Å². The molecule has 1 aromatic rings. The number of hydrogen-bond donors (Lipinski definition) is 1. The lowest BCUT2D eigenvalue weighted by atomic mass is 9.89. The highest BCUT2D eigenvalue weighted by Gasteiger charge is 2.44. The molecule has 4 heterocycles. The predicted molar refractivity (Wildman–Crippen MR) is 64.3 cm³/mol. The van der Waals surface area contributed by atoms with E-state index in [-0.39, 0.29) is 0 Å². The first-order chi connectivity index (χ1) is 8.81. The third-order valence-electron chi connectivity index (χ3n) is 4.73. The van der Waals surface area contributed by atoms with E-state index in [1.54, 1.807) is 0 Å². The monoisotopic (exact) mass is 249 g/mol. The molecule has 1 N–H and O–H groups in total. The molecule has 0 aromatic carbocycles. The van der Waals surface area contributed by atoms with Crippen LogP contribution in [0.4, 0.5) is 0 Å². The second-order valence-corrected chi connectivity index (χ2v) is 5.95. The van der Waals surface area contributed by atoms with Gasteiger partial charge in [-0.25, -0.2) is 0 Å². The minimum atomic E-state index is 0.333. The Hall–Kier alpha value is -0.940. The SMILES string of the molecule is CC1CNCC1c1nc(C2CC3CCC2O3)no1. The molecule has 0 saturated carbocycles. The van der Waals surface area contributed by atoms with Crippen LogP contribution in [-0.2, 0) is 4.74 Å². The van der Waals surface area contributed by atoms with E-state index in [0.717, 1.165) is 37.6 Å². The van der Waals surface area contributed by atoms with E-state index < -0.39 is 0 Å². The fourth-order valence-electron chi connectivity index (χ4n) is 3.60. The van der Waals surface area contributed by atoms with Crippen LogP contribution >= 0.6 is 0 Å². The molecule has 18 heavy (non-hydrogen) atoms. The molecule has 3 saturated heterocycles. The maximum Gasteiger partial charge on any atom is 0.231 e. The molecule has 2 bridgehead atoms. The maximum absolute atomic E-state index is 5.86. The van der Waals surface area contributed by atoms with Gasteiger partial charge in [0.05, 0.1) is 24.0 Å². The van der Waals surface area contributed by atoms with Crippen LogP contribution in [0.5, 0.6) is 0 Å². The summed E-state index contributed by atoms with van der Waals surface area (Å²) >= 11 is 0. The van der Waals surface area contributed by atoms with Crippen molar-refractivity contribution in [2.45, 2.75) is 50.2 Å². The molecule has 1 aromatic heterocycles. The summed E-state index contributed by atoms with van der Waals surface area (Å²) in [7, 11) is 0. The van der Waals surface area contributed by atoms with E-state index in [1.807, 2.05) is 0 Å². The first kappa shape index (κ1) is 10.9. The summed E-state index contributed by atoms with van der Waals surface area (Å²) < 4.78 is 11.3. The average Bonchev–Trinajstić information content (AvgIpc) is 3.12. The van der Waals surface area contributed by atoms with Gasteiger partial charge in [0.2, 0.25) is 5.89 Å². The highest BCUT2D eigenvalue weighted by molar-refractivity contribution is 5.09. The van der Waals surface area contributed by atoms with Gasteiger partial charge in [-0.15, -0.1) is 0 Å². The van der Waals surface area contributed by atoms with E-state index in [0.29, 0.717) is 30.0 Å². The summed E-state index contributed by atoms with van der Waals surface area (Å²) in [5, 5.41) is 7.58. The van der Waals surface area contributed by atoms with E-state index in [2.05, 4.69) is 22.4 Å². The van der Waals surface area contributed by atoms with Gasteiger partial charge in [0.15, 0.2) is 5.82 Å². The van der Waals surface area contributed by atoms with E-state index >= 15 is 0 Å². The fraction of sp³-hybridized carbons (Fsp3) is 0.846. The minimum absolute atomic E-state index is 0.333. The number of ether oxygens (including phenoxy) is 1. The number of hydrogen-bond acceptors (Lipinski definition) is 5. The summed E-state index contributed by atoms with van der Waals surface area (Å²) in [5.41, 5.74) is 0. The minimum Gasteiger partial charge on any atom is -0.374 e. The van der Waals surface area contributed by atoms with Crippen molar-refractivity contribution in [3.8, 4) is 0 Å². The molecule has 0 spiro atoms. The molecule has 3 aliphatic rings. The Bertz CT molecular complexity index is 447. The van der Waals surface area contributed by atoms with Crippen LogP contribution in [0, 0.1) is 5.92 Å². The van der Waals surface area contributed by atoms with E-state index in [9.17, 15) is 0 Å². The molecular weight excluding hydrogens is 230 g/mol. The second kappa shape index (κ2) is 4.03. The Kier molecular flexibility index (Phi) is 2.45. The van der Waals surface area contributed by atoms with Crippen LogP contribution in [0.25, 0.3) is 0 Å². The summed E-state index contributed by atoms with van der Waals surface area (Å²) in [6, 6.07) is 0. The molecule has 5 atom stereocenters. The van der Waals surface area contributed by atoms with Crippen molar-refractivity contribution in [2.24, 2.45) is 5.92 Å². The van der Waals surface area contributed by atoms with Crippen LogP contribution in [-0.4, -0.2) is 35.4 Å². The number of fused-ring (bicyclic) bond motifs is 2.